The number of alkyl halides is 4. The van der Waals surface area contributed by atoms with Gasteiger partial charge in [-0.15, -0.1) is 11.6 Å². The van der Waals surface area contributed by atoms with Crippen molar-refractivity contribution in [3.63, 3.8) is 0 Å². The molecule has 4 rings (SSSR count). The molecule has 1 saturated carbocycles. The maximum absolute atomic E-state index is 12.8. The predicted molar refractivity (Wildman–Crippen MR) is 148 cm³/mol. The molecule has 2 nitrogen and oxygen atoms in total. The van der Waals surface area contributed by atoms with Gasteiger partial charge in [0.05, 0.1) is 10.3 Å². The van der Waals surface area contributed by atoms with E-state index < -0.39 is 25.3 Å². The number of hydrogen-bond acceptors (Lipinski definition) is 2. The predicted octanol–water partition coefficient (Wildman–Crippen LogP) is 6.90. The van der Waals surface area contributed by atoms with Crippen LogP contribution in [0.5, 0.6) is 0 Å². The van der Waals surface area contributed by atoms with Gasteiger partial charge in [0.1, 0.15) is 5.60 Å². The van der Waals surface area contributed by atoms with Gasteiger partial charge in [-0.25, -0.2) is 0 Å². The van der Waals surface area contributed by atoms with Crippen molar-refractivity contribution in [2.75, 3.05) is 0 Å². The number of hydrogen-bond donors (Lipinski definition) is 2. The van der Waals surface area contributed by atoms with Crippen molar-refractivity contribution in [3.05, 3.63) is 108 Å². The van der Waals surface area contributed by atoms with E-state index in [1.54, 1.807) is 0 Å². The van der Waals surface area contributed by atoms with Crippen LogP contribution < -0.4 is 0 Å². The number of halogens is 4. The van der Waals surface area contributed by atoms with E-state index in [9.17, 15) is 10.2 Å². The monoisotopic (exact) mass is 559 g/mol. The summed E-state index contributed by atoms with van der Waals surface area (Å²) in [5.74, 6) is -0.224. The first-order valence-corrected chi connectivity index (χ1v) is 12.8. The Morgan fingerprint density at radius 2 is 1.00 bits per heavy atom. The Labute approximate surface area is 249 Å². The van der Waals surface area contributed by atoms with E-state index in [1.165, 1.54) is 0 Å². The maximum atomic E-state index is 12.8. The van der Waals surface area contributed by atoms with Crippen LogP contribution in [0.15, 0.2) is 91.0 Å². The van der Waals surface area contributed by atoms with Crippen LogP contribution in [0.3, 0.4) is 0 Å². The molecule has 2 N–H and O–H groups in total. The molecule has 1 aliphatic rings. The molecule has 0 amide bonds. The third kappa shape index (κ3) is 4.13. The Kier molecular flexibility index (Phi) is 8.77. The van der Waals surface area contributed by atoms with E-state index in [0.29, 0.717) is 0 Å². The molecule has 7 heteroatoms. The Balaban J connectivity index is 0.00000342. The molecule has 3 atom stereocenters. The van der Waals surface area contributed by atoms with Crippen LogP contribution in [0.25, 0.3) is 0 Å². The smallest absolute Gasteiger partial charge is 0.203 e. The van der Waals surface area contributed by atoms with Gasteiger partial charge in [-0.05, 0) is 35.4 Å². The van der Waals surface area contributed by atoms with E-state index in [4.69, 9.17) is 46.4 Å². The molecule has 0 saturated heterocycles. The summed E-state index contributed by atoms with van der Waals surface area (Å²) in [5.41, 5.74) is -1.15. The van der Waals surface area contributed by atoms with Crippen LogP contribution in [-0.2, 0) is 5.41 Å². The Morgan fingerprint density at radius 1 is 0.657 bits per heavy atom. The van der Waals surface area contributed by atoms with Gasteiger partial charge in [0.15, 0.2) is 4.33 Å². The molecule has 1 radical (unpaired) electrons. The van der Waals surface area contributed by atoms with E-state index in [0.717, 1.165) is 16.7 Å². The molecule has 1 fully saturated rings. The SMILES string of the molecule is CC(C)C1(Cl)CCC(O)(C(c2ccccc2)(c2ccccc2)c2ccccc2)C(O)(Cl)C1(Cl)Cl.[Na]. The largest absolute Gasteiger partial charge is 0.384 e. The van der Waals surface area contributed by atoms with Crippen molar-refractivity contribution in [1.82, 2.24) is 0 Å². The summed E-state index contributed by atoms with van der Waals surface area (Å²) in [7, 11) is 0. The fraction of sp³-hybridized carbons (Fsp3) is 0.357. The fourth-order valence-electron chi connectivity index (χ4n) is 5.59. The summed E-state index contributed by atoms with van der Waals surface area (Å²) < 4.78 is -2.09. The molecule has 0 aromatic heterocycles. The normalized spacial score (nSPS) is 28.4. The van der Waals surface area contributed by atoms with Crippen LogP contribution in [-0.4, -0.2) is 59.6 Å². The summed E-state index contributed by atoms with van der Waals surface area (Å²) in [6, 6.07) is 28.6. The van der Waals surface area contributed by atoms with Gasteiger partial charge < -0.3 is 10.2 Å². The van der Waals surface area contributed by atoms with Gasteiger partial charge in [0, 0.05) is 29.6 Å². The van der Waals surface area contributed by atoms with Crippen molar-refractivity contribution in [2.24, 2.45) is 5.92 Å². The van der Waals surface area contributed by atoms with Crippen LogP contribution in [0, 0.1) is 5.92 Å². The second-order valence-corrected chi connectivity index (χ2v) is 12.0. The van der Waals surface area contributed by atoms with Crippen LogP contribution in [0.2, 0.25) is 0 Å². The Bertz CT molecular complexity index is 1030. The van der Waals surface area contributed by atoms with Gasteiger partial charge >= 0.3 is 0 Å². The van der Waals surface area contributed by atoms with Crippen LogP contribution in [0.4, 0.5) is 0 Å². The standard InChI is InChI=1S/C28H28Cl4O2.Na/c1-20(2)24(29)18-19-25(33,28(32,34)27(24,30)31)26(21-12-6-3-7-13-21,22-14-8-4-9-15-22)23-16-10-5-11-17-23;/h3-17,20,33-34H,18-19H2,1-2H3;. The molecule has 0 aliphatic heterocycles. The molecular formula is C28H28Cl4NaO2. The number of aliphatic hydroxyl groups is 2. The second-order valence-electron chi connectivity index (χ2n) is 9.42. The first-order valence-electron chi connectivity index (χ1n) is 11.3. The van der Waals surface area contributed by atoms with Gasteiger partial charge in [-0.1, -0.05) is 140 Å². The maximum Gasteiger partial charge on any atom is 0.203 e. The van der Waals surface area contributed by atoms with E-state index in [2.05, 4.69) is 0 Å². The molecule has 3 aromatic rings. The van der Waals surface area contributed by atoms with Gasteiger partial charge in [0.25, 0.3) is 0 Å². The molecule has 0 bridgehead atoms. The average molecular weight is 561 g/mol. The molecule has 0 spiro atoms. The fourth-order valence-corrected chi connectivity index (χ4v) is 7.21. The zero-order valence-corrected chi connectivity index (χ0v) is 25.1. The summed E-state index contributed by atoms with van der Waals surface area (Å²) in [5, 5.41) is 22.4. The third-order valence-electron chi connectivity index (χ3n) is 7.49. The summed E-state index contributed by atoms with van der Waals surface area (Å²) in [4.78, 5) is -1.27. The van der Waals surface area contributed by atoms with Crippen molar-refractivity contribution in [2.45, 2.75) is 52.0 Å². The van der Waals surface area contributed by atoms with Crippen LogP contribution >= 0.6 is 46.4 Å². The van der Waals surface area contributed by atoms with Crippen molar-refractivity contribution >= 4 is 76.0 Å². The van der Waals surface area contributed by atoms with E-state index in [1.807, 2.05) is 105 Å². The van der Waals surface area contributed by atoms with Crippen molar-refractivity contribution in [1.29, 1.82) is 0 Å². The average Bonchev–Trinajstić information content (AvgIpc) is 2.84. The summed E-state index contributed by atoms with van der Waals surface area (Å²) in [6.45, 7) is 3.76. The second kappa shape index (κ2) is 10.5. The summed E-state index contributed by atoms with van der Waals surface area (Å²) >= 11 is 27.8. The summed E-state index contributed by atoms with van der Waals surface area (Å²) in [6.07, 6.45) is 0.285. The quantitative estimate of drug-likeness (QED) is 0.202. The first-order chi connectivity index (χ1) is 16.0. The van der Waals surface area contributed by atoms with Crippen molar-refractivity contribution < 1.29 is 10.2 Å². The molecule has 3 unspecified atom stereocenters. The molecule has 1 aliphatic carbocycles. The molecule has 35 heavy (non-hydrogen) atoms. The minimum atomic E-state index is -2.53. The van der Waals surface area contributed by atoms with E-state index in [-0.39, 0.29) is 48.3 Å². The van der Waals surface area contributed by atoms with Crippen LogP contribution in [0.1, 0.15) is 43.4 Å². The molecular weight excluding hydrogens is 533 g/mol. The number of rotatable bonds is 5. The minimum Gasteiger partial charge on any atom is -0.384 e. The number of benzene rings is 3. The molecule has 0 heterocycles. The van der Waals surface area contributed by atoms with Gasteiger partial charge in [-0.3, -0.25) is 0 Å². The Morgan fingerprint density at radius 3 is 1.31 bits per heavy atom. The zero-order valence-electron chi connectivity index (χ0n) is 20.1. The van der Waals surface area contributed by atoms with Gasteiger partial charge in [0.2, 0.25) is 5.06 Å². The third-order valence-corrected chi connectivity index (χ3v) is 10.6. The van der Waals surface area contributed by atoms with Crippen molar-refractivity contribution in [3.8, 4) is 0 Å². The van der Waals surface area contributed by atoms with E-state index >= 15 is 0 Å². The van der Waals surface area contributed by atoms with Gasteiger partial charge in [-0.2, -0.15) is 0 Å². The molecule has 181 valence electrons. The Hall–Kier alpha value is -0.260. The minimum absolute atomic E-state index is 0. The zero-order chi connectivity index (χ0) is 24.8. The first kappa shape index (κ1) is 29.3. The topological polar surface area (TPSA) is 40.5 Å². The molecule has 3 aromatic carbocycles.